The second-order valence-corrected chi connectivity index (χ2v) is 3.27. The van der Waals surface area contributed by atoms with E-state index in [-0.39, 0.29) is 11.4 Å². The average molecular weight is 188 g/mol. The molecule has 0 heterocycles. The van der Waals surface area contributed by atoms with E-state index in [1.807, 2.05) is 0 Å². The van der Waals surface area contributed by atoms with E-state index in [9.17, 15) is 8.42 Å². The van der Waals surface area contributed by atoms with Crippen LogP contribution in [0, 0.1) is 0 Å². The lowest BCUT2D eigenvalue weighted by Gasteiger charge is -2.03. The summed E-state index contributed by atoms with van der Waals surface area (Å²) in [5, 5.41) is 4.63. The normalized spacial score (nSPS) is 11.1. The summed E-state index contributed by atoms with van der Waals surface area (Å²) in [5.74, 6) is 0.0417. The summed E-state index contributed by atoms with van der Waals surface area (Å²) in [6, 6.07) is 6.18. The van der Waals surface area contributed by atoms with Gasteiger partial charge in [0.2, 0.25) is 0 Å². The summed E-state index contributed by atoms with van der Waals surface area (Å²) < 4.78 is 25.3. The van der Waals surface area contributed by atoms with Crippen molar-refractivity contribution >= 4 is 16.0 Å². The summed E-state index contributed by atoms with van der Waals surface area (Å²) in [6.45, 7) is 0. The van der Waals surface area contributed by atoms with E-state index in [1.165, 1.54) is 12.1 Å². The molecule has 0 saturated heterocycles. The molecule has 0 radical (unpaired) electrons. The molecule has 1 rings (SSSR count). The van der Waals surface area contributed by atoms with Crippen LogP contribution in [0.2, 0.25) is 0 Å². The fraction of sp³-hybridized carbons (Fsp3) is 0. The van der Waals surface area contributed by atoms with Crippen molar-refractivity contribution in [1.29, 1.82) is 0 Å². The molecule has 0 aliphatic heterocycles. The second-order valence-electron chi connectivity index (χ2n) is 2.11. The van der Waals surface area contributed by atoms with Gasteiger partial charge >= 0.3 is 10.3 Å². The predicted molar refractivity (Wildman–Crippen MR) is 44.6 cm³/mol. The Morgan fingerprint density at radius 3 is 2.33 bits per heavy atom. The molecule has 0 atom stereocenters. The fourth-order valence-corrected chi connectivity index (χ4v) is 1.08. The summed E-state index contributed by atoms with van der Waals surface area (Å²) in [6.07, 6.45) is 0. The summed E-state index contributed by atoms with van der Waals surface area (Å²) in [4.78, 5) is 0. The molecule has 0 amide bonds. The lowest BCUT2D eigenvalue weighted by atomic mass is 10.3. The zero-order valence-electron chi connectivity index (χ0n) is 6.10. The van der Waals surface area contributed by atoms with E-state index in [2.05, 4.69) is 9.32 Å². The molecule has 0 aliphatic carbocycles. The first kappa shape index (κ1) is 8.82. The van der Waals surface area contributed by atoms with Crippen molar-refractivity contribution in [3.63, 3.8) is 0 Å². The molecular formula is C6H8N2O3S. The number of rotatable bonds is 2. The van der Waals surface area contributed by atoms with Crippen LogP contribution in [0.5, 0.6) is 5.75 Å². The highest BCUT2D eigenvalue weighted by Gasteiger charge is 2.06. The van der Waals surface area contributed by atoms with Gasteiger partial charge in [-0.2, -0.15) is 13.6 Å². The minimum atomic E-state index is -3.98. The first-order valence-corrected chi connectivity index (χ1v) is 4.53. The van der Waals surface area contributed by atoms with E-state index in [0.717, 1.165) is 0 Å². The van der Waals surface area contributed by atoms with Gasteiger partial charge < -0.3 is 9.92 Å². The zero-order valence-corrected chi connectivity index (χ0v) is 6.91. The van der Waals surface area contributed by atoms with Crippen LogP contribution >= 0.6 is 0 Å². The number of anilines is 1. The van der Waals surface area contributed by atoms with Crippen molar-refractivity contribution in [2.24, 2.45) is 5.14 Å². The molecule has 1 aromatic rings. The van der Waals surface area contributed by atoms with Crippen LogP contribution in [0.15, 0.2) is 24.3 Å². The minimum absolute atomic E-state index is 0.0417. The first-order chi connectivity index (χ1) is 5.49. The Bertz CT molecular complexity index is 374. The van der Waals surface area contributed by atoms with Crippen LogP contribution in [-0.2, 0) is 10.3 Å². The highest BCUT2D eigenvalue weighted by Crippen LogP contribution is 2.20. The van der Waals surface area contributed by atoms with Crippen LogP contribution in [-0.4, -0.2) is 8.42 Å². The fourth-order valence-electron chi connectivity index (χ4n) is 0.682. The number of nitrogen functional groups attached to an aromatic ring is 1. The highest BCUT2D eigenvalue weighted by atomic mass is 32.2. The van der Waals surface area contributed by atoms with Gasteiger partial charge in [-0.05, 0) is 12.1 Å². The monoisotopic (exact) mass is 188 g/mol. The lowest BCUT2D eigenvalue weighted by Crippen LogP contribution is -2.19. The van der Waals surface area contributed by atoms with Crippen molar-refractivity contribution in [2.75, 3.05) is 5.73 Å². The maximum absolute atomic E-state index is 10.5. The average Bonchev–Trinajstić information content (AvgIpc) is 1.91. The van der Waals surface area contributed by atoms with Gasteiger partial charge in [0.25, 0.3) is 0 Å². The van der Waals surface area contributed by atoms with Crippen LogP contribution in [0.1, 0.15) is 0 Å². The van der Waals surface area contributed by atoms with E-state index < -0.39 is 10.3 Å². The third-order valence-corrected chi connectivity index (χ3v) is 1.54. The third kappa shape index (κ3) is 2.40. The molecule has 0 spiro atoms. The second kappa shape index (κ2) is 3.00. The van der Waals surface area contributed by atoms with Crippen LogP contribution in [0.4, 0.5) is 5.69 Å². The lowest BCUT2D eigenvalue weighted by molar-refractivity contribution is 0.489. The van der Waals surface area contributed by atoms with Crippen molar-refractivity contribution in [3.05, 3.63) is 24.3 Å². The molecule has 12 heavy (non-hydrogen) atoms. The van der Waals surface area contributed by atoms with Gasteiger partial charge in [-0.1, -0.05) is 12.1 Å². The number of hydrogen-bond acceptors (Lipinski definition) is 4. The Kier molecular flexibility index (Phi) is 2.20. The topological polar surface area (TPSA) is 95.4 Å². The smallest absolute Gasteiger partial charge is 0.380 e. The van der Waals surface area contributed by atoms with E-state index in [1.54, 1.807) is 12.1 Å². The molecule has 0 bridgehead atoms. The van der Waals surface area contributed by atoms with Crippen molar-refractivity contribution < 1.29 is 12.6 Å². The maximum Gasteiger partial charge on any atom is 0.380 e. The number of hydrogen-bond donors (Lipinski definition) is 2. The Morgan fingerprint density at radius 1 is 1.25 bits per heavy atom. The predicted octanol–water partition coefficient (Wildman–Crippen LogP) is -0.149. The minimum Gasteiger partial charge on any atom is -0.396 e. The Morgan fingerprint density at radius 2 is 1.83 bits per heavy atom. The van der Waals surface area contributed by atoms with Gasteiger partial charge in [0, 0.05) is 0 Å². The summed E-state index contributed by atoms with van der Waals surface area (Å²) in [5.41, 5.74) is 5.61. The van der Waals surface area contributed by atoms with Crippen molar-refractivity contribution in [3.8, 4) is 5.75 Å². The van der Waals surface area contributed by atoms with Gasteiger partial charge in [-0.25, -0.2) is 0 Å². The molecule has 0 aromatic heterocycles. The SMILES string of the molecule is Nc1ccccc1OS(N)(=O)=O. The summed E-state index contributed by atoms with van der Waals surface area (Å²) in [7, 11) is -3.98. The van der Waals surface area contributed by atoms with E-state index >= 15 is 0 Å². The molecule has 66 valence electrons. The largest absolute Gasteiger partial charge is 0.396 e. The van der Waals surface area contributed by atoms with Crippen LogP contribution < -0.4 is 15.1 Å². The van der Waals surface area contributed by atoms with Gasteiger partial charge in [0.1, 0.15) is 0 Å². The van der Waals surface area contributed by atoms with Gasteiger partial charge in [-0.15, -0.1) is 0 Å². The van der Waals surface area contributed by atoms with Crippen molar-refractivity contribution in [1.82, 2.24) is 0 Å². The molecule has 5 nitrogen and oxygen atoms in total. The third-order valence-electron chi connectivity index (χ3n) is 1.12. The first-order valence-electron chi connectivity index (χ1n) is 3.06. The van der Waals surface area contributed by atoms with Gasteiger partial charge in [0.15, 0.2) is 5.75 Å². The Hall–Kier alpha value is -1.27. The number of nitrogens with two attached hydrogens (primary N) is 2. The molecule has 0 fully saturated rings. The highest BCUT2D eigenvalue weighted by molar-refractivity contribution is 7.84. The quantitative estimate of drug-likeness (QED) is 0.631. The van der Waals surface area contributed by atoms with E-state index in [4.69, 9.17) is 5.73 Å². The molecular weight excluding hydrogens is 180 g/mol. The van der Waals surface area contributed by atoms with Gasteiger partial charge in [0.05, 0.1) is 5.69 Å². The maximum atomic E-state index is 10.5. The number of para-hydroxylation sites is 2. The van der Waals surface area contributed by atoms with Crippen molar-refractivity contribution in [2.45, 2.75) is 0 Å². The number of benzene rings is 1. The van der Waals surface area contributed by atoms with Crippen LogP contribution in [0.25, 0.3) is 0 Å². The van der Waals surface area contributed by atoms with E-state index in [0.29, 0.717) is 0 Å². The summed E-state index contributed by atoms with van der Waals surface area (Å²) >= 11 is 0. The van der Waals surface area contributed by atoms with Crippen LogP contribution in [0.3, 0.4) is 0 Å². The molecule has 4 N–H and O–H groups in total. The molecule has 6 heteroatoms. The zero-order chi connectivity index (χ0) is 9.19. The Balaban J connectivity index is 2.98. The molecule has 0 saturated carbocycles. The Labute approximate surface area is 70.2 Å². The molecule has 1 aromatic carbocycles. The molecule has 0 unspecified atom stereocenters. The standard InChI is InChI=1S/C6H8N2O3S/c7-5-3-1-2-4-6(5)11-12(8,9)10/h1-4H,7H2,(H2,8,9,10). The van der Waals surface area contributed by atoms with Gasteiger partial charge in [-0.3, -0.25) is 0 Å². The molecule has 0 aliphatic rings.